The highest BCUT2D eigenvalue weighted by atomic mass is 16.3. The Bertz CT molecular complexity index is 937. The van der Waals surface area contributed by atoms with Gasteiger partial charge in [-0.05, 0) is 31.4 Å². The number of amides is 2. The highest BCUT2D eigenvalue weighted by Gasteiger charge is 2.32. The van der Waals surface area contributed by atoms with E-state index in [9.17, 15) is 19.5 Å². The molecule has 2 aromatic rings. The van der Waals surface area contributed by atoms with E-state index in [4.69, 9.17) is 0 Å². The van der Waals surface area contributed by atoms with Crippen molar-refractivity contribution in [3.8, 4) is 0 Å². The Morgan fingerprint density at radius 2 is 1.85 bits per heavy atom. The first-order chi connectivity index (χ1) is 12.5. The third kappa shape index (κ3) is 2.61. The molecule has 0 aliphatic carbocycles. The minimum Gasteiger partial charge on any atom is -0.393 e. The number of aromatic nitrogens is 2. The normalized spacial score (nSPS) is 22.1. The number of hydrogen-bond acceptors (Lipinski definition) is 5. The molecule has 0 spiro atoms. The Kier molecular flexibility index (Phi) is 4.07. The lowest BCUT2D eigenvalue weighted by Gasteiger charge is -2.32. The summed E-state index contributed by atoms with van der Waals surface area (Å²) in [5.74, 6) is -0.727. The molecule has 0 saturated carbocycles. The summed E-state index contributed by atoms with van der Waals surface area (Å²) < 4.78 is 3.07. The topological polar surface area (TPSA) is 96.6 Å². The maximum Gasteiger partial charge on any atom is 0.329 e. The highest BCUT2D eigenvalue weighted by molar-refractivity contribution is 6.00. The average molecular weight is 358 g/mol. The van der Waals surface area contributed by atoms with Crippen molar-refractivity contribution in [2.45, 2.75) is 37.8 Å². The van der Waals surface area contributed by atoms with E-state index in [1.807, 2.05) is 18.2 Å². The van der Waals surface area contributed by atoms with E-state index in [0.717, 1.165) is 24.3 Å². The van der Waals surface area contributed by atoms with E-state index in [1.54, 1.807) is 11.6 Å². The molecule has 2 aliphatic rings. The van der Waals surface area contributed by atoms with Gasteiger partial charge in [-0.3, -0.25) is 24.0 Å². The molecule has 3 heterocycles. The number of imidazole rings is 1. The number of fused-ring (bicyclic) bond motifs is 1. The van der Waals surface area contributed by atoms with Crippen molar-refractivity contribution in [1.29, 1.82) is 0 Å². The van der Waals surface area contributed by atoms with Crippen LogP contribution in [-0.2, 0) is 16.6 Å². The average Bonchev–Trinajstić information content (AvgIpc) is 2.87. The molecule has 26 heavy (non-hydrogen) atoms. The Morgan fingerprint density at radius 3 is 2.54 bits per heavy atom. The lowest BCUT2D eigenvalue weighted by Crippen LogP contribution is -2.44. The molecule has 2 fully saturated rings. The van der Waals surface area contributed by atoms with Gasteiger partial charge in [0.2, 0.25) is 11.8 Å². The Labute approximate surface area is 150 Å². The van der Waals surface area contributed by atoms with Crippen LogP contribution in [0.15, 0.2) is 23.0 Å². The first kappa shape index (κ1) is 16.8. The van der Waals surface area contributed by atoms with Crippen LogP contribution in [0.4, 0.5) is 5.69 Å². The second kappa shape index (κ2) is 6.28. The van der Waals surface area contributed by atoms with Crippen LogP contribution in [0.3, 0.4) is 0 Å². The van der Waals surface area contributed by atoms with Crippen LogP contribution >= 0.6 is 0 Å². The molecule has 8 nitrogen and oxygen atoms in total. The lowest BCUT2D eigenvalue weighted by atomic mass is 10.1. The number of nitrogens with zero attached hydrogens (tertiary/aromatic N) is 3. The van der Waals surface area contributed by atoms with Crippen molar-refractivity contribution in [1.82, 2.24) is 14.5 Å². The molecule has 2 saturated heterocycles. The number of carbonyl (C=O) groups is 2. The largest absolute Gasteiger partial charge is 0.393 e. The minimum absolute atomic E-state index is 0.225. The summed E-state index contributed by atoms with van der Waals surface area (Å²) >= 11 is 0. The molecular weight excluding hydrogens is 336 g/mol. The third-order valence-electron chi connectivity index (χ3n) is 5.41. The lowest BCUT2D eigenvalue weighted by molar-refractivity contribution is -0.135. The number of aryl methyl sites for hydroxylation is 1. The van der Waals surface area contributed by atoms with Crippen LogP contribution in [0.1, 0.15) is 31.7 Å². The fourth-order valence-corrected chi connectivity index (χ4v) is 4.01. The number of hydrogen-bond donors (Lipinski definition) is 2. The van der Waals surface area contributed by atoms with Gasteiger partial charge in [0.05, 0.1) is 22.8 Å². The fourth-order valence-electron chi connectivity index (χ4n) is 4.01. The van der Waals surface area contributed by atoms with Gasteiger partial charge in [0.1, 0.15) is 6.04 Å². The van der Waals surface area contributed by atoms with Crippen molar-refractivity contribution in [3.05, 3.63) is 28.7 Å². The minimum atomic E-state index is -0.678. The summed E-state index contributed by atoms with van der Waals surface area (Å²) in [6.07, 6.45) is 1.66. The van der Waals surface area contributed by atoms with Gasteiger partial charge in [0, 0.05) is 26.6 Å². The summed E-state index contributed by atoms with van der Waals surface area (Å²) in [4.78, 5) is 38.8. The number of nitrogens with one attached hydrogen (secondary N) is 1. The van der Waals surface area contributed by atoms with Gasteiger partial charge in [-0.1, -0.05) is 6.07 Å². The van der Waals surface area contributed by atoms with Crippen LogP contribution in [0.25, 0.3) is 11.0 Å². The molecule has 0 radical (unpaired) electrons. The monoisotopic (exact) mass is 358 g/mol. The first-order valence-corrected chi connectivity index (χ1v) is 8.94. The van der Waals surface area contributed by atoms with E-state index >= 15 is 0 Å². The van der Waals surface area contributed by atoms with E-state index < -0.39 is 11.9 Å². The van der Waals surface area contributed by atoms with Gasteiger partial charge in [0.25, 0.3) is 0 Å². The van der Waals surface area contributed by atoms with Gasteiger partial charge in [-0.25, -0.2) is 4.79 Å². The SMILES string of the molecule is Cn1c(=O)n([C@H]2CCC(=O)NC2=O)c2cccc(N3CCC(O)CC3)c21. The Hall–Kier alpha value is -2.61. The zero-order valence-electron chi connectivity index (χ0n) is 14.6. The van der Waals surface area contributed by atoms with E-state index in [1.165, 1.54) is 4.57 Å². The van der Waals surface area contributed by atoms with Crippen molar-refractivity contribution >= 4 is 28.5 Å². The van der Waals surface area contributed by atoms with Gasteiger partial charge in [-0.2, -0.15) is 0 Å². The molecule has 2 aliphatic heterocycles. The maximum absolute atomic E-state index is 12.9. The summed E-state index contributed by atoms with van der Waals surface area (Å²) in [6, 6.07) is 5.00. The van der Waals surface area contributed by atoms with Crippen LogP contribution in [0.2, 0.25) is 0 Å². The van der Waals surface area contributed by atoms with Crippen LogP contribution in [0, 0.1) is 0 Å². The molecule has 0 unspecified atom stereocenters. The molecule has 1 aromatic heterocycles. The molecule has 0 bridgehead atoms. The summed E-state index contributed by atoms with van der Waals surface area (Å²) in [6.45, 7) is 1.44. The van der Waals surface area contributed by atoms with Gasteiger partial charge in [0.15, 0.2) is 0 Å². The molecule has 2 N–H and O–H groups in total. The fraction of sp³-hybridized carbons (Fsp3) is 0.500. The summed E-state index contributed by atoms with van der Waals surface area (Å²) in [7, 11) is 1.70. The zero-order valence-corrected chi connectivity index (χ0v) is 14.6. The highest BCUT2D eigenvalue weighted by Crippen LogP contribution is 2.31. The van der Waals surface area contributed by atoms with Crippen molar-refractivity contribution in [2.24, 2.45) is 7.05 Å². The van der Waals surface area contributed by atoms with Crippen molar-refractivity contribution < 1.29 is 14.7 Å². The predicted molar refractivity (Wildman–Crippen MR) is 96.1 cm³/mol. The number of rotatable bonds is 2. The van der Waals surface area contributed by atoms with E-state index in [0.29, 0.717) is 24.8 Å². The number of benzene rings is 1. The summed E-state index contributed by atoms with van der Waals surface area (Å²) in [5, 5.41) is 12.1. The van der Waals surface area contributed by atoms with Crippen LogP contribution in [0.5, 0.6) is 0 Å². The molecule has 1 atom stereocenters. The third-order valence-corrected chi connectivity index (χ3v) is 5.41. The second-order valence-corrected chi connectivity index (χ2v) is 7.04. The molecule has 8 heteroatoms. The number of anilines is 1. The van der Waals surface area contributed by atoms with E-state index in [2.05, 4.69) is 10.2 Å². The molecule has 4 rings (SSSR count). The number of aliphatic hydroxyl groups is 1. The number of piperidine rings is 2. The maximum atomic E-state index is 12.9. The number of para-hydroxylation sites is 1. The second-order valence-electron chi connectivity index (χ2n) is 7.04. The summed E-state index contributed by atoms with van der Waals surface area (Å²) in [5.41, 5.74) is 2.13. The van der Waals surface area contributed by atoms with Crippen LogP contribution in [-0.4, -0.2) is 45.2 Å². The number of imide groups is 1. The first-order valence-electron chi connectivity index (χ1n) is 8.94. The number of aliphatic hydroxyl groups excluding tert-OH is 1. The molecule has 138 valence electrons. The standard InChI is InChI=1S/C18H22N4O4/c1-20-16-12(21-9-7-11(23)8-10-21)3-2-4-13(16)22(18(20)26)14-5-6-15(24)19-17(14)25/h2-4,11,14,23H,5-10H2,1H3,(H,19,24,25)/t14-/m0/s1. The van der Waals surface area contributed by atoms with Gasteiger partial charge < -0.3 is 10.0 Å². The van der Waals surface area contributed by atoms with Crippen molar-refractivity contribution in [2.75, 3.05) is 18.0 Å². The Morgan fingerprint density at radius 1 is 1.12 bits per heavy atom. The zero-order chi connectivity index (χ0) is 18.4. The predicted octanol–water partition coefficient (Wildman–Crippen LogP) is 0.279. The Balaban J connectivity index is 1.83. The molecule has 2 amide bonds. The van der Waals surface area contributed by atoms with Crippen LogP contribution < -0.4 is 15.9 Å². The van der Waals surface area contributed by atoms with Crippen molar-refractivity contribution in [3.63, 3.8) is 0 Å². The van der Waals surface area contributed by atoms with Gasteiger partial charge in [-0.15, -0.1) is 0 Å². The van der Waals surface area contributed by atoms with E-state index in [-0.39, 0.29) is 24.1 Å². The molecule has 1 aromatic carbocycles. The molecular formula is C18H22N4O4. The smallest absolute Gasteiger partial charge is 0.329 e. The quantitative estimate of drug-likeness (QED) is 0.752. The van der Waals surface area contributed by atoms with Gasteiger partial charge >= 0.3 is 5.69 Å². The number of carbonyl (C=O) groups excluding carboxylic acids is 2.